The second-order valence-electron chi connectivity index (χ2n) is 7.18. The maximum atomic E-state index is 13.0. The fourth-order valence-corrected chi connectivity index (χ4v) is 3.38. The number of carbonyl (C=O) groups is 2. The molecule has 29 heavy (non-hydrogen) atoms. The van der Waals surface area contributed by atoms with Crippen molar-refractivity contribution in [3.05, 3.63) is 94.1 Å². The third kappa shape index (κ3) is 4.99. The molecule has 0 saturated carbocycles. The SMILES string of the molecule is Cc1cccc(C(=O)OCC(=O)c2cc(C)n(CCc3ccc(F)cc3)c2C)c1. The van der Waals surface area contributed by atoms with Gasteiger partial charge in [-0.25, -0.2) is 9.18 Å². The largest absolute Gasteiger partial charge is 0.454 e. The summed E-state index contributed by atoms with van der Waals surface area (Å²) < 4.78 is 20.3. The highest BCUT2D eigenvalue weighted by Crippen LogP contribution is 2.17. The number of halogens is 1. The first kappa shape index (κ1) is 20.5. The Labute approximate surface area is 169 Å². The summed E-state index contributed by atoms with van der Waals surface area (Å²) in [7, 11) is 0. The molecule has 1 heterocycles. The number of Topliss-reactive ketones (excluding diaryl/α,β-unsaturated/α-hetero) is 1. The predicted molar refractivity (Wildman–Crippen MR) is 110 cm³/mol. The third-order valence-electron chi connectivity index (χ3n) is 5.00. The summed E-state index contributed by atoms with van der Waals surface area (Å²) in [6.45, 7) is 6.10. The summed E-state index contributed by atoms with van der Waals surface area (Å²) in [4.78, 5) is 24.8. The molecule has 3 rings (SSSR count). The number of rotatable bonds is 7. The van der Waals surface area contributed by atoms with Crippen LogP contribution in [0.3, 0.4) is 0 Å². The molecule has 0 unspecified atom stereocenters. The molecule has 0 radical (unpaired) electrons. The average molecular weight is 393 g/mol. The Morgan fingerprint density at radius 3 is 2.41 bits per heavy atom. The first-order chi connectivity index (χ1) is 13.8. The van der Waals surface area contributed by atoms with Gasteiger partial charge < -0.3 is 9.30 Å². The van der Waals surface area contributed by atoms with E-state index in [4.69, 9.17) is 4.74 Å². The zero-order chi connectivity index (χ0) is 21.0. The number of nitrogens with zero attached hydrogens (tertiary/aromatic N) is 1. The first-order valence-corrected chi connectivity index (χ1v) is 9.53. The molecule has 0 amide bonds. The Kier molecular flexibility index (Phi) is 6.27. The minimum Gasteiger partial charge on any atom is -0.454 e. The quantitative estimate of drug-likeness (QED) is 0.426. The molecule has 4 nitrogen and oxygen atoms in total. The van der Waals surface area contributed by atoms with Crippen molar-refractivity contribution in [2.75, 3.05) is 6.61 Å². The monoisotopic (exact) mass is 393 g/mol. The number of aromatic nitrogens is 1. The first-order valence-electron chi connectivity index (χ1n) is 9.53. The molecule has 2 aromatic carbocycles. The fourth-order valence-electron chi connectivity index (χ4n) is 3.38. The van der Waals surface area contributed by atoms with E-state index in [9.17, 15) is 14.0 Å². The van der Waals surface area contributed by atoms with Crippen LogP contribution in [0, 0.1) is 26.6 Å². The lowest BCUT2D eigenvalue weighted by atomic mass is 10.1. The lowest BCUT2D eigenvalue weighted by Crippen LogP contribution is -2.15. The number of aryl methyl sites for hydroxylation is 3. The minimum atomic E-state index is -0.507. The molecular formula is C24H24FNO3. The topological polar surface area (TPSA) is 48.3 Å². The van der Waals surface area contributed by atoms with Crippen LogP contribution in [0.4, 0.5) is 4.39 Å². The van der Waals surface area contributed by atoms with Gasteiger partial charge in [-0.2, -0.15) is 0 Å². The summed E-state index contributed by atoms with van der Waals surface area (Å²) in [5.74, 6) is -0.991. The molecule has 150 valence electrons. The van der Waals surface area contributed by atoms with E-state index in [-0.39, 0.29) is 18.2 Å². The van der Waals surface area contributed by atoms with Crippen molar-refractivity contribution in [2.24, 2.45) is 0 Å². The summed E-state index contributed by atoms with van der Waals surface area (Å²) in [5, 5.41) is 0. The van der Waals surface area contributed by atoms with Crippen molar-refractivity contribution >= 4 is 11.8 Å². The predicted octanol–water partition coefficient (Wildman–Crippen LogP) is 4.83. The molecule has 0 fully saturated rings. The van der Waals surface area contributed by atoms with Crippen LogP contribution in [0.15, 0.2) is 54.6 Å². The van der Waals surface area contributed by atoms with Gasteiger partial charge in [-0.3, -0.25) is 4.79 Å². The zero-order valence-electron chi connectivity index (χ0n) is 16.9. The van der Waals surface area contributed by atoms with Crippen molar-refractivity contribution < 1.29 is 18.7 Å². The lowest BCUT2D eigenvalue weighted by Gasteiger charge is -2.10. The smallest absolute Gasteiger partial charge is 0.338 e. The van der Waals surface area contributed by atoms with E-state index in [2.05, 4.69) is 4.57 Å². The molecule has 0 atom stereocenters. The Morgan fingerprint density at radius 2 is 1.72 bits per heavy atom. The van der Waals surface area contributed by atoms with E-state index in [1.807, 2.05) is 32.9 Å². The van der Waals surface area contributed by atoms with Gasteiger partial charge in [0.05, 0.1) is 5.56 Å². The van der Waals surface area contributed by atoms with Crippen molar-refractivity contribution in [2.45, 2.75) is 33.7 Å². The Balaban J connectivity index is 1.64. The molecular weight excluding hydrogens is 369 g/mol. The number of hydrogen-bond acceptors (Lipinski definition) is 3. The highest BCUT2D eigenvalue weighted by Gasteiger charge is 2.18. The number of ether oxygens (including phenoxy) is 1. The highest BCUT2D eigenvalue weighted by atomic mass is 19.1. The Bertz CT molecular complexity index is 1030. The van der Waals surface area contributed by atoms with Crippen LogP contribution in [0.2, 0.25) is 0 Å². The van der Waals surface area contributed by atoms with Gasteiger partial charge in [-0.1, -0.05) is 29.8 Å². The van der Waals surface area contributed by atoms with Crippen LogP contribution >= 0.6 is 0 Å². The molecule has 0 bridgehead atoms. The molecule has 0 N–H and O–H groups in total. The zero-order valence-corrected chi connectivity index (χ0v) is 16.9. The summed E-state index contributed by atoms with van der Waals surface area (Å²) in [6, 6.07) is 15.3. The van der Waals surface area contributed by atoms with Crippen molar-refractivity contribution in [3.63, 3.8) is 0 Å². The van der Waals surface area contributed by atoms with Crippen LogP contribution < -0.4 is 0 Å². The molecule has 0 aliphatic rings. The van der Waals surface area contributed by atoms with E-state index >= 15 is 0 Å². The van der Waals surface area contributed by atoms with Gasteiger partial charge in [-0.15, -0.1) is 0 Å². The normalized spacial score (nSPS) is 10.8. The summed E-state index contributed by atoms with van der Waals surface area (Å²) >= 11 is 0. The van der Waals surface area contributed by atoms with E-state index in [0.717, 1.165) is 28.9 Å². The lowest BCUT2D eigenvalue weighted by molar-refractivity contribution is 0.0474. The van der Waals surface area contributed by atoms with E-state index in [1.54, 1.807) is 30.3 Å². The van der Waals surface area contributed by atoms with Gasteiger partial charge in [0.25, 0.3) is 0 Å². The molecule has 3 aromatic rings. The highest BCUT2D eigenvalue weighted by molar-refractivity contribution is 6.00. The number of esters is 1. The standard InChI is InChI=1S/C24H24FNO3/c1-16-5-4-6-20(13-16)24(28)29-15-23(27)22-14-17(2)26(18(22)3)12-11-19-7-9-21(25)10-8-19/h4-10,13-14H,11-12,15H2,1-3H3. The second-order valence-corrected chi connectivity index (χ2v) is 7.18. The van der Waals surface area contributed by atoms with Gasteiger partial charge in [0, 0.05) is 23.5 Å². The van der Waals surface area contributed by atoms with Gasteiger partial charge in [0.15, 0.2) is 6.61 Å². The Morgan fingerprint density at radius 1 is 1.00 bits per heavy atom. The van der Waals surface area contributed by atoms with Crippen LogP contribution in [-0.4, -0.2) is 22.9 Å². The average Bonchev–Trinajstić information content (AvgIpc) is 2.99. The van der Waals surface area contributed by atoms with Crippen LogP contribution in [0.1, 0.15) is 43.2 Å². The maximum absolute atomic E-state index is 13.0. The van der Waals surface area contributed by atoms with E-state index < -0.39 is 5.97 Å². The van der Waals surface area contributed by atoms with E-state index in [0.29, 0.717) is 17.7 Å². The number of carbonyl (C=O) groups excluding carboxylic acids is 2. The van der Waals surface area contributed by atoms with Crippen LogP contribution in [0.25, 0.3) is 0 Å². The molecule has 0 aliphatic carbocycles. The third-order valence-corrected chi connectivity index (χ3v) is 5.00. The van der Waals surface area contributed by atoms with Crippen LogP contribution in [0.5, 0.6) is 0 Å². The fraction of sp³-hybridized carbons (Fsp3) is 0.250. The minimum absolute atomic E-state index is 0.230. The molecule has 1 aromatic heterocycles. The van der Waals surface area contributed by atoms with Crippen molar-refractivity contribution in [1.82, 2.24) is 4.57 Å². The summed E-state index contributed by atoms with van der Waals surface area (Å²) in [5.41, 5.74) is 4.76. The molecule has 0 spiro atoms. The van der Waals surface area contributed by atoms with Crippen LogP contribution in [-0.2, 0) is 17.7 Å². The summed E-state index contributed by atoms with van der Waals surface area (Å²) in [6.07, 6.45) is 0.729. The molecule has 0 saturated heterocycles. The molecule has 5 heteroatoms. The van der Waals surface area contributed by atoms with Gasteiger partial charge in [0.1, 0.15) is 5.82 Å². The number of benzene rings is 2. The molecule has 0 aliphatic heterocycles. The number of ketones is 1. The van der Waals surface area contributed by atoms with Crippen molar-refractivity contribution in [1.29, 1.82) is 0 Å². The van der Waals surface area contributed by atoms with Crippen molar-refractivity contribution in [3.8, 4) is 0 Å². The maximum Gasteiger partial charge on any atom is 0.338 e. The van der Waals surface area contributed by atoms with E-state index in [1.165, 1.54) is 12.1 Å². The number of hydrogen-bond donors (Lipinski definition) is 0. The van der Waals surface area contributed by atoms with Gasteiger partial charge in [0.2, 0.25) is 5.78 Å². The van der Waals surface area contributed by atoms with Gasteiger partial charge >= 0.3 is 5.97 Å². The Hall–Kier alpha value is -3.21. The second kappa shape index (κ2) is 8.86. The van der Waals surface area contributed by atoms with Gasteiger partial charge in [-0.05, 0) is 63.1 Å².